The SMILES string of the molecule is c1ccc2c(c1)-c1ccccc1C21c2cc(-c3ccc(N(c4ccc5ccccc5c4)c4ccc5ccccc5c4)cc3)ccc2-c2ccc(-c3ccc(N(c4ccc5ccccc5c4)c4ccc5ccccc5c4)cc3)cc21. The summed E-state index contributed by atoms with van der Waals surface area (Å²) in [5.41, 5.74) is 21.4. The molecule has 0 amide bonds. The summed E-state index contributed by atoms with van der Waals surface area (Å²) in [5, 5.41) is 9.78. The molecule has 14 aromatic carbocycles. The zero-order valence-corrected chi connectivity index (χ0v) is 43.3. The molecular formula is C77H50N2. The third kappa shape index (κ3) is 7.19. The van der Waals surface area contributed by atoms with Gasteiger partial charge in [0, 0.05) is 34.1 Å². The van der Waals surface area contributed by atoms with E-state index >= 15 is 0 Å². The first kappa shape index (κ1) is 45.0. The standard InChI is InChI=1S/C77H50N2/c1-5-17-57-45-65(39-29-51(57)13-1)78(66-40-30-52-14-2-6-18-58(52)46-66)63-35-25-55(26-36-63)61-33-43-71-72-44-34-62(50-76(72)77(75(71)49-61)73-23-11-9-21-69(73)70-22-10-12-24-74(70)77)56-27-37-64(38-28-56)79(67-41-31-53-15-3-7-19-59(53)47-67)68-42-32-54-16-4-8-20-60(54)48-68/h1-50H. The van der Waals surface area contributed by atoms with Gasteiger partial charge in [0.25, 0.3) is 0 Å². The molecule has 0 aliphatic heterocycles. The monoisotopic (exact) mass is 1000 g/mol. The Morgan fingerprint density at radius 3 is 0.785 bits per heavy atom. The number of fused-ring (bicyclic) bond motifs is 14. The number of nitrogens with zero attached hydrogens (tertiary/aromatic N) is 2. The predicted octanol–water partition coefficient (Wildman–Crippen LogP) is 20.9. The summed E-state index contributed by atoms with van der Waals surface area (Å²) in [6.07, 6.45) is 0. The molecule has 0 saturated carbocycles. The van der Waals surface area contributed by atoms with Crippen molar-refractivity contribution in [3.63, 3.8) is 0 Å². The normalized spacial score (nSPS) is 12.7. The van der Waals surface area contributed by atoms with E-state index < -0.39 is 5.41 Å². The maximum absolute atomic E-state index is 2.50. The van der Waals surface area contributed by atoms with E-state index in [-0.39, 0.29) is 0 Å². The predicted molar refractivity (Wildman–Crippen MR) is 333 cm³/mol. The highest BCUT2D eigenvalue weighted by Crippen LogP contribution is 2.63. The molecule has 14 aromatic rings. The van der Waals surface area contributed by atoms with E-state index in [4.69, 9.17) is 0 Å². The molecule has 2 aliphatic carbocycles. The van der Waals surface area contributed by atoms with E-state index in [0.717, 1.165) is 34.1 Å². The third-order valence-corrected chi connectivity index (χ3v) is 17.0. The fourth-order valence-corrected chi connectivity index (χ4v) is 13.3. The Hall–Kier alpha value is -10.3. The maximum atomic E-state index is 2.50. The molecule has 0 saturated heterocycles. The van der Waals surface area contributed by atoms with Crippen molar-refractivity contribution in [2.24, 2.45) is 0 Å². The topological polar surface area (TPSA) is 6.48 Å². The lowest BCUT2D eigenvalue weighted by molar-refractivity contribution is 0.794. The van der Waals surface area contributed by atoms with Crippen LogP contribution < -0.4 is 9.80 Å². The van der Waals surface area contributed by atoms with Crippen LogP contribution >= 0.6 is 0 Å². The molecule has 368 valence electrons. The van der Waals surface area contributed by atoms with Gasteiger partial charge in [-0.15, -0.1) is 0 Å². The Morgan fingerprint density at radius 2 is 0.443 bits per heavy atom. The van der Waals surface area contributed by atoms with Gasteiger partial charge in [-0.05, 0) is 195 Å². The van der Waals surface area contributed by atoms with Crippen molar-refractivity contribution in [1.82, 2.24) is 0 Å². The van der Waals surface area contributed by atoms with Crippen LogP contribution in [0, 0.1) is 0 Å². The zero-order valence-electron chi connectivity index (χ0n) is 43.3. The molecule has 1 spiro atoms. The van der Waals surface area contributed by atoms with E-state index in [9.17, 15) is 0 Å². The number of benzene rings is 14. The summed E-state index contributed by atoms with van der Waals surface area (Å²) in [7, 11) is 0. The van der Waals surface area contributed by atoms with Gasteiger partial charge in [-0.1, -0.05) is 218 Å². The second-order valence-electron chi connectivity index (χ2n) is 21.3. The second-order valence-corrected chi connectivity index (χ2v) is 21.3. The average molecular weight is 1000 g/mol. The quantitative estimate of drug-likeness (QED) is 0.150. The maximum Gasteiger partial charge on any atom is 0.0725 e. The molecule has 0 atom stereocenters. The second kappa shape index (κ2) is 17.9. The Balaban J connectivity index is 0.803. The molecule has 2 aliphatic rings. The fourth-order valence-electron chi connectivity index (χ4n) is 13.3. The summed E-state index contributed by atoms with van der Waals surface area (Å²) in [5.74, 6) is 0. The minimum absolute atomic E-state index is 0.518. The highest BCUT2D eigenvalue weighted by Gasteiger charge is 2.51. The van der Waals surface area contributed by atoms with Crippen molar-refractivity contribution in [3.05, 3.63) is 326 Å². The Morgan fingerprint density at radius 1 is 0.177 bits per heavy atom. The number of anilines is 6. The first-order valence-corrected chi connectivity index (χ1v) is 27.4. The van der Waals surface area contributed by atoms with E-state index in [1.54, 1.807) is 0 Å². The molecule has 0 heterocycles. The van der Waals surface area contributed by atoms with Crippen molar-refractivity contribution in [2.45, 2.75) is 5.41 Å². The molecule has 0 fully saturated rings. The highest BCUT2D eigenvalue weighted by molar-refractivity contribution is 5.99. The van der Waals surface area contributed by atoms with Crippen LogP contribution in [0.1, 0.15) is 22.3 Å². The van der Waals surface area contributed by atoms with Crippen LogP contribution in [0.3, 0.4) is 0 Å². The molecule has 2 heteroatoms. The van der Waals surface area contributed by atoms with E-state index in [0.29, 0.717) is 0 Å². The Bertz CT molecular complexity index is 4280. The lowest BCUT2D eigenvalue weighted by Crippen LogP contribution is -2.26. The molecular weight excluding hydrogens is 953 g/mol. The van der Waals surface area contributed by atoms with Crippen LogP contribution in [0.25, 0.3) is 87.6 Å². The van der Waals surface area contributed by atoms with Crippen LogP contribution in [0.15, 0.2) is 303 Å². The molecule has 0 radical (unpaired) electrons. The van der Waals surface area contributed by atoms with E-state index in [1.807, 2.05) is 0 Å². The van der Waals surface area contributed by atoms with Gasteiger partial charge in [-0.2, -0.15) is 0 Å². The van der Waals surface area contributed by atoms with Crippen molar-refractivity contribution in [1.29, 1.82) is 0 Å². The van der Waals surface area contributed by atoms with Crippen LogP contribution in [-0.4, -0.2) is 0 Å². The Labute approximate surface area is 460 Å². The van der Waals surface area contributed by atoms with Crippen molar-refractivity contribution < 1.29 is 0 Å². The number of hydrogen-bond donors (Lipinski definition) is 0. The first-order valence-electron chi connectivity index (χ1n) is 27.4. The fraction of sp³-hybridized carbons (Fsp3) is 0.0130. The lowest BCUT2D eigenvalue weighted by Gasteiger charge is -2.31. The van der Waals surface area contributed by atoms with Crippen molar-refractivity contribution in [3.8, 4) is 44.5 Å². The van der Waals surface area contributed by atoms with Gasteiger partial charge in [0.1, 0.15) is 0 Å². The molecule has 0 N–H and O–H groups in total. The van der Waals surface area contributed by atoms with Crippen LogP contribution in [0.2, 0.25) is 0 Å². The summed E-state index contributed by atoms with van der Waals surface area (Å²) in [6.45, 7) is 0. The molecule has 79 heavy (non-hydrogen) atoms. The molecule has 0 bridgehead atoms. The largest absolute Gasteiger partial charge is 0.310 e. The zero-order chi connectivity index (χ0) is 52.0. The van der Waals surface area contributed by atoms with E-state index in [1.165, 1.54) is 110 Å². The summed E-state index contributed by atoms with van der Waals surface area (Å²) in [6, 6.07) is 113. The summed E-state index contributed by atoms with van der Waals surface area (Å²) < 4.78 is 0. The summed E-state index contributed by atoms with van der Waals surface area (Å²) >= 11 is 0. The smallest absolute Gasteiger partial charge is 0.0725 e. The minimum atomic E-state index is -0.518. The van der Waals surface area contributed by atoms with Gasteiger partial charge in [0.15, 0.2) is 0 Å². The third-order valence-electron chi connectivity index (χ3n) is 17.0. The van der Waals surface area contributed by atoms with E-state index in [2.05, 4.69) is 313 Å². The van der Waals surface area contributed by atoms with Gasteiger partial charge in [-0.3, -0.25) is 0 Å². The Kier molecular flexibility index (Phi) is 10.2. The van der Waals surface area contributed by atoms with Gasteiger partial charge in [0.2, 0.25) is 0 Å². The number of hydrogen-bond acceptors (Lipinski definition) is 2. The number of rotatable bonds is 8. The molecule has 16 rings (SSSR count). The van der Waals surface area contributed by atoms with Gasteiger partial charge >= 0.3 is 0 Å². The van der Waals surface area contributed by atoms with Gasteiger partial charge in [-0.25, -0.2) is 0 Å². The summed E-state index contributed by atoms with van der Waals surface area (Å²) in [4.78, 5) is 4.78. The highest BCUT2D eigenvalue weighted by atomic mass is 15.1. The van der Waals surface area contributed by atoms with Crippen molar-refractivity contribution in [2.75, 3.05) is 9.80 Å². The lowest BCUT2D eigenvalue weighted by atomic mass is 9.70. The minimum Gasteiger partial charge on any atom is -0.310 e. The van der Waals surface area contributed by atoms with Crippen molar-refractivity contribution >= 4 is 77.2 Å². The van der Waals surface area contributed by atoms with Gasteiger partial charge in [0.05, 0.1) is 5.41 Å². The van der Waals surface area contributed by atoms with Gasteiger partial charge < -0.3 is 9.80 Å². The van der Waals surface area contributed by atoms with Crippen LogP contribution in [-0.2, 0) is 5.41 Å². The first-order chi connectivity index (χ1) is 39.1. The molecule has 0 unspecified atom stereocenters. The van der Waals surface area contributed by atoms with Crippen LogP contribution in [0.4, 0.5) is 34.1 Å². The molecule has 2 nitrogen and oxygen atoms in total. The molecule has 0 aromatic heterocycles. The van der Waals surface area contributed by atoms with Crippen LogP contribution in [0.5, 0.6) is 0 Å². The average Bonchev–Trinajstić information content (AvgIpc) is 2.57.